The van der Waals surface area contributed by atoms with Gasteiger partial charge in [0, 0.05) is 19.6 Å². The second-order valence-electron chi connectivity index (χ2n) is 8.03. The third-order valence-corrected chi connectivity index (χ3v) is 5.95. The maximum absolute atomic E-state index is 12.6. The van der Waals surface area contributed by atoms with E-state index in [1.807, 2.05) is 30.4 Å². The molecule has 2 fully saturated rings. The summed E-state index contributed by atoms with van der Waals surface area (Å²) in [5.41, 5.74) is 1.23. The van der Waals surface area contributed by atoms with E-state index in [1.165, 1.54) is 0 Å². The van der Waals surface area contributed by atoms with Gasteiger partial charge in [0.15, 0.2) is 0 Å². The molecule has 1 aromatic heterocycles. The van der Waals surface area contributed by atoms with Gasteiger partial charge < -0.3 is 15.5 Å². The van der Waals surface area contributed by atoms with Crippen molar-refractivity contribution < 1.29 is 19.8 Å². The summed E-state index contributed by atoms with van der Waals surface area (Å²) in [5, 5.41) is 27.6. The number of aliphatic hydroxyl groups excluding tert-OH is 1. The Labute approximate surface area is 159 Å². The summed E-state index contributed by atoms with van der Waals surface area (Å²) in [6.07, 6.45) is 2.06. The summed E-state index contributed by atoms with van der Waals surface area (Å²) in [4.78, 5) is 26.4. The summed E-state index contributed by atoms with van der Waals surface area (Å²) in [6.45, 7) is 7.34. The number of carbonyl (C=O) groups excluding carboxylic acids is 1. The number of aryl methyl sites for hydroxylation is 2. The van der Waals surface area contributed by atoms with Crippen LogP contribution in [0, 0.1) is 25.2 Å². The van der Waals surface area contributed by atoms with Gasteiger partial charge in [-0.25, -0.2) is 0 Å². The fourth-order valence-electron chi connectivity index (χ4n) is 4.20. The normalized spacial score (nSPS) is 26.1. The van der Waals surface area contributed by atoms with Gasteiger partial charge >= 0.3 is 5.97 Å². The van der Waals surface area contributed by atoms with Crippen LogP contribution in [-0.2, 0) is 16.1 Å². The lowest BCUT2D eigenvalue weighted by molar-refractivity contribution is -0.165. The zero-order chi connectivity index (χ0) is 19.8. The SMILES string of the molecule is CCn1nc(C)c(NC(=O)CN2CCC(O)[C@@](CC3CC3)(C(=O)O)C2)c1C. The van der Waals surface area contributed by atoms with Crippen LogP contribution in [0.3, 0.4) is 0 Å². The fraction of sp³-hybridized carbons (Fsp3) is 0.737. The van der Waals surface area contributed by atoms with E-state index in [0.29, 0.717) is 25.3 Å². The van der Waals surface area contributed by atoms with E-state index in [4.69, 9.17) is 0 Å². The highest BCUT2D eigenvalue weighted by atomic mass is 16.4. The second kappa shape index (κ2) is 7.59. The van der Waals surface area contributed by atoms with E-state index in [0.717, 1.165) is 36.5 Å². The van der Waals surface area contributed by atoms with Crippen molar-refractivity contribution in [1.82, 2.24) is 14.7 Å². The molecule has 1 aliphatic carbocycles. The highest BCUT2D eigenvalue weighted by Gasteiger charge is 2.51. The zero-order valence-corrected chi connectivity index (χ0v) is 16.4. The summed E-state index contributed by atoms with van der Waals surface area (Å²) >= 11 is 0. The van der Waals surface area contributed by atoms with Crippen molar-refractivity contribution in [2.24, 2.45) is 11.3 Å². The van der Waals surface area contributed by atoms with Crippen LogP contribution < -0.4 is 5.32 Å². The number of amides is 1. The number of aromatic nitrogens is 2. The Bertz CT molecular complexity index is 728. The number of hydrogen-bond acceptors (Lipinski definition) is 5. The van der Waals surface area contributed by atoms with E-state index in [9.17, 15) is 19.8 Å². The number of nitrogens with zero attached hydrogens (tertiary/aromatic N) is 3. The van der Waals surface area contributed by atoms with E-state index in [1.54, 1.807) is 0 Å². The van der Waals surface area contributed by atoms with E-state index >= 15 is 0 Å². The monoisotopic (exact) mass is 378 g/mol. The van der Waals surface area contributed by atoms with Crippen LogP contribution in [0.15, 0.2) is 0 Å². The maximum Gasteiger partial charge on any atom is 0.313 e. The molecule has 0 aromatic carbocycles. The van der Waals surface area contributed by atoms with E-state index in [2.05, 4.69) is 10.4 Å². The molecule has 8 heteroatoms. The van der Waals surface area contributed by atoms with Crippen LogP contribution in [0.1, 0.15) is 44.0 Å². The average molecular weight is 378 g/mol. The lowest BCUT2D eigenvalue weighted by atomic mass is 9.73. The first kappa shape index (κ1) is 19.8. The maximum atomic E-state index is 12.6. The predicted octanol–water partition coefficient (Wildman–Crippen LogP) is 1.40. The number of piperidine rings is 1. The number of nitrogens with one attached hydrogen (secondary N) is 1. The first-order chi connectivity index (χ1) is 12.8. The molecule has 1 saturated heterocycles. The second-order valence-corrected chi connectivity index (χ2v) is 8.03. The third kappa shape index (κ3) is 4.01. The van der Waals surface area contributed by atoms with Crippen LogP contribution in [0.2, 0.25) is 0 Å². The summed E-state index contributed by atoms with van der Waals surface area (Å²) < 4.78 is 1.84. The summed E-state index contributed by atoms with van der Waals surface area (Å²) in [6, 6.07) is 0. The van der Waals surface area contributed by atoms with Crippen molar-refractivity contribution in [3.8, 4) is 0 Å². The van der Waals surface area contributed by atoms with Gasteiger partial charge in [0.25, 0.3) is 0 Å². The molecule has 1 aromatic rings. The molecule has 0 radical (unpaired) electrons. The Morgan fingerprint density at radius 2 is 2.00 bits per heavy atom. The van der Waals surface area contributed by atoms with Crippen LogP contribution in [0.4, 0.5) is 5.69 Å². The van der Waals surface area contributed by atoms with Gasteiger partial charge in [-0.15, -0.1) is 0 Å². The van der Waals surface area contributed by atoms with E-state index < -0.39 is 17.5 Å². The lowest BCUT2D eigenvalue weighted by Gasteiger charge is -2.43. The van der Waals surface area contributed by atoms with Gasteiger partial charge in [-0.3, -0.25) is 19.2 Å². The van der Waals surface area contributed by atoms with Gasteiger partial charge in [0.1, 0.15) is 5.41 Å². The van der Waals surface area contributed by atoms with Crippen molar-refractivity contribution in [3.63, 3.8) is 0 Å². The molecule has 0 bridgehead atoms. The molecule has 2 heterocycles. The Hall–Kier alpha value is -1.93. The molecular weight excluding hydrogens is 348 g/mol. The minimum Gasteiger partial charge on any atom is -0.481 e. The van der Waals surface area contributed by atoms with Crippen LogP contribution in [-0.4, -0.2) is 62.5 Å². The number of aliphatic hydroxyl groups is 1. The highest BCUT2D eigenvalue weighted by Crippen LogP contribution is 2.45. The number of carboxylic acids is 1. The van der Waals surface area contributed by atoms with Crippen molar-refractivity contribution in [1.29, 1.82) is 0 Å². The number of hydrogen-bond donors (Lipinski definition) is 3. The van der Waals surface area contributed by atoms with E-state index in [-0.39, 0.29) is 19.0 Å². The number of carbonyl (C=O) groups is 2. The van der Waals surface area contributed by atoms with Crippen molar-refractivity contribution >= 4 is 17.6 Å². The number of likely N-dealkylation sites (tertiary alicyclic amines) is 1. The number of aliphatic carboxylic acids is 1. The molecule has 1 amide bonds. The predicted molar refractivity (Wildman–Crippen MR) is 100 cm³/mol. The quantitative estimate of drug-likeness (QED) is 0.662. The number of anilines is 1. The molecule has 2 aliphatic rings. The first-order valence-corrected chi connectivity index (χ1v) is 9.74. The van der Waals surface area contributed by atoms with Gasteiger partial charge in [0.2, 0.25) is 5.91 Å². The van der Waals surface area contributed by atoms with Crippen LogP contribution >= 0.6 is 0 Å². The standard InChI is InChI=1S/C19H30N4O4/c1-4-23-13(3)17(12(2)21-23)20-16(25)10-22-8-7-15(24)19(11-22,18(26)27)9-14-5-6-14/h14-15,24H,4-11H2,1-3H3,(H,20,25)(H,26,27)/t15?,19-/m0/s1. The zero-order valence-electron chi connectivity index (χ0n) is 16.4. The third-order valence-electron chi connectivity index (χ3n) is 5.95. The van der Waals surface area contributed by atoms with Crippen molar-refractivity contribution in [2.75, 3.05) is 25.0 Å². The Morgan fingerprint density at radius 3 is 2.56 bits per heavy atom. The molecule has 2 atom stereocenters. The fourth-order valence-corrected chi connectivity index (χ4v) is 4.20. The van der Waals surface area contributed by atoms with Gasteiger partial charge in [0.05, 0.1) is 29.7 Å². The highest BCUT2D eigenvalue weighted by molar-refractivity contribution is 5.93. The minimum atomic E-state index is -1.17. The molecule has 8 nitrogen and oxygen atoms in total. The largest absolute Gasteiger partial charge is 0.481 e. The molecule has 1 unspecified atom stereocenters. The van der Waals surface area contributed by atoms with Crippen molar-refractivity contribution in [2.45, 2.75) is 59.1 Å². The number of rotatable bonds is 7. The molecule has 150 valence electrons. The Kier molecular flexibility index (Phi) is 5.58. The summed E-state index contributed by atoms with van der Waals surface area (Å²) in [7, 11) is 0. The minimum absolute atomic E-state index is 0.114. The smallest absolute Gasteiger partial charge is 0.313 e. The van der Waals surface area contributed by atoms with Crippen LogP contribution in [0.5, 0.6) is 0 Å². The van der Waals surface area contributed by atoms with Crippen LogP contribution in [0.25, 0.3) is 0 Å². The topological polar surface area (TPSA) is 108 Å². The Balaban J connectivity index is 1.67. The molecule has 3 N–H and O–H groups in total. The van der Waals surface area contributed by atoms with Gasteiger partial charge in [-0.2, -0.15) is 5.10 Å². The molecule has 1 aliphatic heterocycles. The molecule has 3 rings (SSSR count). The molecule has 1 saturated carbocycles. The molecular formula is C19H30N4O4. The first-order valence-electron chi connectivity index (χ1n) is 9.74. The molecule has 0 spiro atoms. The summed E-state index contributed by atoms with van der Waals surface area (Å²) in [5.74, 6) is -0.753. The van der Waals surface area contributed by atoms with Gasteiger partial charge in [-0.1, -0.05) is 12.8 Å². The molecule has 27 heavy (non-hydrogen) atoms. The Morgan fingerprint density at radius 1 is 1.30 bits per heavy atom. The number of carboxylic acid groups (broad SMARTS) is 1. The van der Waals surface area contributed by atoms with Crippen molar-refractivity contribution in [3.05, 3.63) is 11.4 Å². The van der Waals surface area contributed by atoms with Gasteiger partial charge in [-0.05, 0) is 39.5 Å². The average Bonchev–Trinajstić information content (AvgIpc) is 3.38. The lowest BCUT2D eigenvalue weighted by Crippen LogP contribution is -2.57.